The Morgan fingerprint density at radius 3 is 2.05 bits per heavy atom. The van der Waals surface area contributed by atoms with Crippen molar-refractivity contribution in [2.75, 3.05) is 0 Å². The van der Waals surface area contributed by atoms with E-state index in [-0.39, 0.29) is 27.3 Å². The predicted octanol–water partition coefficient (Wildman–Crippen LogP) is 7.37. The van der Waals surface area contributed by atoms with Crippen molar-refractivity contribution in [1.29, 1.82) is 0 Å². The topological polar surface area (TPSA) is 0 Å². The minimum absolute atomic E-state index is 0.205. The first-order chi connectivity index (χ1) is 9.97. The molecule has 0 aromatic carbocycles. The number of rotatable bonds is 1. The molecule has 1 fully saturated rings. The first-order valence-electron chi connectivity index (χ1n) is 6.40. The van der Waals surface area contributed by atoms with Crippen LogP contribution in [-0.2, 0) is 0 Å². The molecule has 0 amide bonds. The van der Waals surface area contributed by atoms with Crippen LogP contribution < -0.4 is 0 Å². The molecule has 0 N–H and O–H groups in total. The zero-order valence-electron chi connectivity index (χ0n) is 11.1. The van der Waals surface area contributed by atoms with Gasteiger partial charge in [-0.15, -0.1) is 34.8 Å². The Balaban J connectivity index is 0.000000309. The zero-order chi connectivity index (χ0) is 17.1. The van der Waals surface area contributed by atoms with Crippen LogP contribution in [-0.4, -0.2) is 23.6 Å². The van der Waals surface area contributed by atoms with Crippen molar-refractivity contribution in [2.24, 2.45) is 11.8 Å². The highest BCUT2D eigenvalue weighted by atomic mass is 127. The highest BCUT2D eigenvalue weighted by Crippen LogP contribution is 2.78. The smallest absolute Gasteiger partial charge is 0.167 e. The summed E-state index contributed by atoms with van der Waals surface area (Å²) in [5.41, 5.74) is 0. The van der Waals surface area contributed by atoms with Crippen LogP contribution in [0.3, 0.4) is 0 Å². The van der Waals surface area contributed by atoms with Crippen molar-refractivity contribution in [3.63, 3.8) is 0 Å². The molecule has 9 heteroatoms. The van der Waals surface area contributed by atoms with E-state index in [1.807, 2.05) is 19.1 Å². The summed E-state index contributed by atoms with van der Waals surface area (Å²) in [7, 11) is 0. The molecular weight excluding hydrogens is 550 g/mol. The minimum Gasteiger partial charge on any atom is -0.236 e. The lowest BCUT2D eigenvalue weighted by molar-refractivity contribution is 0.420. The van der Waals surface area contributed by atoms with E-state index in [9.17, 15) is 4.39 Å². The van der Waals surface area contributed by atoms with Gasteiger partial charge in [-0.1, -0.05) is 65.5 Å². The van der Waals surface area contributed by atoms with Gasteiger partial charge < -0.3 is 0 Å². The number of alkyl halides is 7. The average Bonchev–Trinajstić information content (AvgIpc) is 2.93. The van der Waals surface area contributed by atoms with Gasteiger partial charge in [-0.05, 0) is 29.0 Å². The molecule has 3 rings (SSSR count). The summed E-state index contributed by atoms with van der Waals surface area (Å²) in [4.78, 5) is -2.45. The van der Waals surface area contributed by atoms with Gasteiger partial charge in [0.25, 0.3) is 0 Å². The van der Waals surface area contributed by atoms with Crippen LogP contribution in [0.15, 0.2) is 22.2 Å². The largest absolute Gasteiger partial charge is 0.236 e. The Labute approximate surface area is 177 Å². The summed E-state index contributed by atoms with van der Waals surface area (Å²) in [6.07, 6.45) is 4.32. The van der Waals surface area contributed by atoms with E-state index in [1.54, 1.807) is 22.6 Å². The Morgan fingerprint density at radius 2 is 1.59 bits per heavy atom. The van der Waals surface area contributed by atoms with E-state index in [1.165, 1.54) is 0 Å². The fourth-order valence-corrected chi connectivity index (χ4v) is 6.60. The lowest BCUT2D eigenvalue weighted by Crippen LogP contribution is -2.45. The number of hydrogen-bond donors (Lipinski definition) is 0. The number of allylic oxidation sites excluding steroid dienone is 4. The maximum absolute atomic E-state index is 11.4. The normalized spacial score (nSPS) is 45.6. The third-order valence-electron chi connectivity index (χ3n) is 4.20. The van der Waals surface area contributed by atoms with Gasteiger partial charge in [0.15, 0.2) is 8.51 Å². The predicted molar refractivity (Wildman–Crippen MR) is 105 cm³/mol. The average molecular weight is 561 g/mol. The Morgan fingerprint density at radius 1 is 1.14 bits per heavy atom. The zero-order valence-corrected chi connectivity index (χ0v) is 18.5. The molecule has 0 nitrogen and oxygen atoms in total. The molecule has 0 saturated heterocycles. The first kappa shape index (κ1) is 20.5. The van der Waals surface area contributed by atoms with Crippen molar-refractivity contribution in [3.8, 4) is 0 Å². The monoisotopic (exact) mass is 558 g/mol. The van der Waals surface area contributed by atoms with Gasteiger partial charge in [0.05, 0.1) is 15.4 Å². The van der Waals surface area contributed by atoms with Crippen molar-refractivity contribution < 1.29 is 4.39 Å². The number of fused-ring (bicyclic) bond motifs is 5. The van der Waals surface area contributed by atoms with Crippen molar-refractivity contribution in [1.82, 2.24) is 0 Å². The lowest BCUT2D eigenvalue weighted by Gasteiger charge is -2.34. The molecule has 0 radical (unpaired) electrons. The van der Waals surface area contributed by atoms with Crippen LogP contribution in [0.1, 0.15) is 13.3 Å². The highest BCUT2D eigenvalue weighted by Gasteiger charge is 2.83. The Hall–Kier alpha value is 2.17. The van der Waals surface area contributed by atoms with E-state index < -0.39 is 18.3 Å². The van der Waals surface area contributed by atoms with Gasteiger partial charge in [-0.3, -0.25) is 0 Å². The number of halogens is 9. The third kappa shape index (κ3) is 2.49. The van der Waals surface area contributed by atoms with Crippen molar-refractivity contribution in [3.05, 3.63) is 22.2 Å². The van der Waals surface area contributed by atoms with Crippen LogP contribution in [0, 0.1) is 11.8 Å². The van der Waals surface area contributed by atoms with Crippen LogP contribution in [0.25, 0.3) is 0 Å². The Bertz CT molecular complexity index is 534. The molecule has 1 saturated carbocycles. The molecule has 0 aromatic rings. The van der Waals surface area contributed by atoms with Crippen LogP contribution in [0.4, 0.5) is 4.39 Å². The molecule has 126 valence electrons. The van der Waals surface area contributed by atoms with E-state index >= 15 is 0 Å². The molecule has 0 aliphatic heterocycles. The molecule has 0 aromatic heterocycles. The van der Waals surface area contributed by atoms with Crippen molar-refractivity contribution in [2.45, 2.75) is 37.0 Å². The summed E-state index contributed by atoms with van der Waals surface area (Å²) in [6.45, 7) is 1.82. The molecule has 3 aliphatic carbocycles. The molecule has 6 atom stereocenters. The van der Waals surface area contributed by atoms with Gasteiger partial charge in [-0.25, -0.2) is 4.39 Å². The van der Waals surface area contributed by atoms with Crippen molar-refractivity contribution >= 4 is 104 Å². The third-order valence-corrected chi connectivity index (χ3v) is 9.80. The SMILES string of the molecule is CCC(F)I.ClC1=C(Cl)C2(Cl)C3C(Cl)C=CC3C1(Cl)C2(Cl)Cl. The Kier molecular flexibility index (Phi) is 6.26. The van der Waals surface area contributed by atoms with E-state index in [0.717, 1.165) is 0 Å². The standard InChI is InChI=1S/C10H5Cl7.C3H6FI/c11-4-2-1-3-5(4)9(15)7(13)6(12)8(3,14)10(9,16)17;1-2-3(4)5/h1-5H;3H,2H2,1H3. The maximum Gasteiger partial charge on any atom is 0.167 e. The van der Waals surface area contributed by atoms with Gasteiger partial charge in [0.1, 0.15) is 9.75 Å². The number of hydrogen-bond acceptors (Lipinski definition) is 0. The second kappa shape index (κ2) is 6.72. The second-order valence-corrected chi connectivity index (χ2v) is 10.4. The summed E-state index contributed by atoms with van der Waals surface area (Å²) in [5.74, 6) is -0.470. The van der Waals surface area contributed by atoms with E-state index in [0.29, 0.717) is 6.42 Å². The first-order valence-corrected chi connectivity index (χ1v) is 10.3. The molecule has 6 unspecified atom stereocenters. The molecule has 0 spiro atoms. The quantitative estimate of drug-likeness (QED) is 0.178. The summed E-state index contributed by atoms with van der Waals surface area (Å²) in [6, 6.07) is 0. The summed E-state index contributed by atoms with van der Waals surface area (Å²) < 4.78 is 9.29. The second-order valence-electron chi connectivity index (χ2n) is 5.31. The highest BCUT2D eigenvalue weighted by molar-refractivity contribution is 14.1. The fraction of sp³-hybridized carbons (Fsp3) is 0.692. The van der Waals surface area contributed by atoms with Crippen LogP contribution in [0.5, 0.6) is 0 Å². The lowest BCUT2D eigenvalue weighted by atomic mass is 9.84. The molecule has 22 heavy (non-hydrogen) atoms. The molecule has 2 bridgehead atoms. The van der Waals surface area contributed by atoms with E-state index in [2.05, 4.69) is 0 Å². The molecule has 0 heterocycles. The molecular formula is C13H11Cl7FI. The van der Waals surface area contributed by atoms with Gasteiger partial charge in [-0.2, -0.15) is 0 Å². The van der Waals surface area contributed by atoms with Gasteiger partial charge in [0, 0.05) is 11.8 Å². The summed E-state index contributed by atoms with van der Waals surface area (Å²) in [5, 5.41) is 0.113. The fourth-order valence-electron chi connectivity index (χ4n) is 3.08. The molecule has 3 aliphatic rings. The van der Waals surface area contributed by atoms with E-state index in [4.69, 9.17) is 81.2 Å². The van der Waals surface area contributed by atoms with Crippen LogP contribution >= 0.6 is 104 Å². The van der Waals surface area contributed by atoms with Crippen LogP contribution in [0.2, 0.25) is 0 Å². The summed E-state index contributed by atoms with van der Waals surface area (Å²) >= 11 is 46.2. The van der Waals surface area contributed by atoms with Gasteiger partial charge in [0.2, 0.25) is 0 Å². The van der Waals surface area contributed by atoms with Gasteiger partial charge >= 0.3 is 0 Å². The maximum atomic E-state index is 11.4. The minimum atomic E-state index is -1.48.